The van der Waals surface area contributed by atoms with Crippen LogP contribution in [0.4, 0.5) is 0 Å². The molecular formula is C11H24N2O2S. The second kappa shape index (κ2) is 6.57. The Labute approximate surface area is 99.5 Å². The Bertz CT molecular complexity index is 290. The lowest BCUT2D eigenvalue weighted by Gasteiger charge is -2.30. The van der Waals surface area contributed by atoms with E-state index in [-0.39, 0.29) is 5.75 Å². The van der Waals surface area contributed by atoms with Gasteiger partial charge in [-0.2, -0.15) is 0 Å². The quantitative estimate of drug-likeness (QED) is 0.715. The van der Waals surface area contributed by atoms with Crippen LogP contribution in [0.15, 0.2) is 0 Å². The fourth-order valence-corrected chi connectivity index (χ4v) is 3.74. The highest BCUT2D eigenvalue weighted by molar-refractivity contribution is 7.89. The van der Waals surface area contributed by atoms with Crippen molar-refractivity contribution in [2.45, 2.75) is 33.1 Å². The zero-order valence-electron chi connectivity index (χ0n) is 10.4. The van der Waals surface area contributed by atoms with E-state index < -0.39 is 10.0 Å². The highest BCUT2D eigenvalue weighted by atomic mass is 32.2. The molecule has 4 nitrogen and oxygen atoms in total. The van der Waals surface area contributed by atoms with Gasteiger partial charge in [-0.25, -0.2) is 12.7 Å². The summed E-state index contributed by atoms with van der Waals surface area (Å²) in [7, 11) is -3.00. The third-order valence-electron chi connectivity index (χ3n) is 3.02. The molecule has 1 saturated heterocycles. The number of sulfonamides is 1. The van der Waals surface area contributed by atoms with E-state index in [2.05, 4.69) is 12.2 Å². The number of hydrogen-bond donors (Lipinski definition) is 1. The summed E-state index contributed by atoms with van der Waals surface area (Å²) in [6.45, 7) is 7.28. The van der Waals surface area contributed by atoms with Gasteiger partial charge < -0.3 is 5.32 Å². The van der Waals surface area contributed by atoms with E-state index >= 15 is 0 Å². The van der Waals surface area contributed by atoms with Crippen molar-refractivity contribution in [1.29, 1.82) is 0 Å². The van der Waals surface area contributed by atoms with Gasteiger partial charge in [-0.15, -0.1) is 0 Å². The summed E-state index contributed by atoms with van der Waals surface area (Å²) in [5.74, 6) is 0.796. The lowest BCUT2D eigenvalue weighted by atomic mass is 10.0. The Morgan fingerprint density at radius 3 is 2.81 bits per heavy atom. The Kier molecular flexibility index (Phi) is 5.72. The van der Waals surface area contributed by atoms with Gasteiger partial charge >= 0.3 is 0 Å². The zero-order valence-corrected chi connectivity index (χ0v) is 11.2. The highest BCUT2D eigenvalue weighted by Crippen LogP contribution is 2.18. The molecule has 1 atom stereocenters. The van der Waals surface area contributed by atoms with Gasteiger partial charge in [0.15, 0.2) is 0 Å². The van der Waals surface area contributed by atoms with Crippen LogP contribution >= 0.6 is 0 Å². The Balaban J connectivity index is 2.37. The Morgan fingerprint density at radius 2 is 2.19 bits per heavy atom. The average molecular weight is 248 g/mol. The van der Waals surface area contributed by atoms with Crippen LogP contribution < -0.4 is 5.32 Å². The first-order valence-electron chi connectivity index (χ1n) is 6.25. The fraction of sp³-hybridized carbons (Fsp3) is 1.00. The van der Waals surface area contributed by atoms with Gasteiger partial charge in [0.2, 0.25) is 10.0 Å². The summed E-state index contributed by atoms with van der Waals surface area (Å²) in [6, 6.07) is 0. The summed E-state index contributed by atoms with van der Waals surface area (Å²) in [5.41, 5.74) is 0. The second-order valence-corrected chi connectivity index (χ2v) is 6.72. The molecule has 1 aliphatic heterocycles. The van der Waals surface area contributed by atoms with Crippen molar-refractivity contribution < 1.29 is 8.42 Å². The summed E-state index contributed by atoms with van der Waals surface area (Å²) in [6.07, 6.45) is 2.87. The van der Waals surface area contributed by atoms with E-state index in [9.17, 15) is 8.42 Å². The first kappa shape index (κ1) is 13.9. The van der Waals surface area contributed by atoms with Gasteiger partial charge in [-0.3, -0.25) is 0 Å². The van der Waals surface area contributed by atoms with Crippen LogP contribution in [-0.4, -0.2) is 44.7 Å². The molecule has 96 valence electrons. The molecule has 0 saturated carbocycles. The molecule has 1 fully saturated rings. The molecule has 0 aromatic rings. The van der Waals surface area contributed by atoms with E-state index in [1.54, 1.807) is 4.31 Å². The summed E-state index contributed by atoms with van der Waals surface area (Å²) in [5, 5.41) is 3.15. The molecular weight excluding hydrogens is 224 g/mol. The largest absolute Gasteiger partial charge is 0.317 e. The molecule has 0 radical (unpaired) electrons. The SMILES string of the molecule is CCNCCCS(=O)(=O)N1CCCC(C)C1. The van der Waals surface area contributed by atoms with Crippen LogP contribution in [0.5, 0.6) is 0 Å². The lowest BCUT2D eigenvalue weighted by molar-refractivity contribution is 0.281. The van der Waals surface area contributed by atoms with E-state index in [0.29, 0.717) is 25.4 Å². The monoisotopic (exact) mass is 248 g/mol. The molecule has 0 aliphatic carbocycles. The van der Waals surface area contributed by atoms with Crippen LogP contribution in [0.3, 0.4) is 0 Å². The third-order valence-corrected chi connectivity index (χ3v) is 4.94. The first-order chi connectivity index (χ1) is 7.56. The van der Waals surface area contributed by atoms with Crippen molar-refractivity contribution in [3.8, 4) is 0 Å². The molecule has 0 aromatic heterocycles. The standard InChI is InChI=1S/C11H24N2O2S/c1-3-12-7-5-9-16(14,15)13-8-4-6-11(2)10-13/h11-12H,3-10H2,1-2H3. The maximum absolute atomic E-state index is 12.0. The molecule has 1 rings (SSSR count). The smallest absolute Gasteiger partial charge is 0.214 e. The first-order valence-corrected chi connectivity index (χ1v) is 7.85. The third kappa shape index (κ3) is 4.39. The molecule has 5 heteroatoms. The van der Waals surface area contributed by atoms with Crippen LogP contribution in [0, 0.1) is 5.92 Å². The van der Waals surface area contributed by atoms with Gasteiger partial charge in [-0.05, 0) is 38.3 Å². The van der Waals surface area contributed by atoms with Crippen LogP contribution in [-0.2, 0) is 10.0 Å². The molecule has 1 aliphatic rings. The van der Waals surface area contributed by atoms with Gasteiger partial charge in [0.05, 0.1) is 5.75 Å². The van der Waals surface area contributed by atoms with E-state index in [4.69, 9.17) is 0 Å². The van der Waals surface area contributed by atoms with Crippen molar-refractivity contribution in [3.63, 3.8) is 0 Å². The van der Waals surface area contributed by atoms with Gasteiger partial charge in [-0.1, -0.05) is 13.8 Å². The molecule has 1 heterocycles. The molecule has 1 unspecified atom stereocenters. The van der Waals surface area contributed by atoms with Crippen molar-refractivity contribution >= 4 is 10.0 Å². The van der Waals surface area contributed by atoms with Crippen LogP contribution in [0.2, 0.25) is 0 Å². The predicted octanol–water partition coefficient (Wildman–Crippen LogP) is 1.05. The van der Waals surface area contributed by atoms with Crippen molar-refractivity contribution in [3.05, 3.63) is 0 Å². The van der Waals surface area contributed by atoms with Crippen molar-refractivity contribution in [1.82, 2.24) is 9.62 Å². The van der Waals surface area contributed by atoms with Gasteiger partial charge in [0, 0.05) is 13.1 Å². The van der Waals surface area contributed by atoms with Crippen molar-refractivity contribution in [2.75, 3.05) is 31.9 Å². The zero-order chi connectivity index (χ0) is 12.0. The normalized spacial score (nSPS) is 23.5. The minimum absolute atomic E-state index is 0.284. The molecule has 16 heavy (non-hydrogen) atoms. The number of nitrogens with one attached hydrogen (secondary N) is 1. The Hall–Kier alpha value is -0.130. The Morgan fingerprint density at radius 1 is 1.44 bits per heavy atom. The molecule has 0 spiro atoms. The molecule has 0 bridgehead atoms. The van der Waals surface area contributed by atoms with Gasteiger partial charge in [0.1, 0.15) is 0 Å². The summed E-state index contributed by atoms with van der Waals surface area (Å²) < 4.78 is 25.7. The lowest BCUT2D eigenvalue weighted by Crippen LogP contribution is -2.40. The highest BCUT2D eigenvalue weighted by Gasteiger charge is 2.26. The number of piperidine rings is 1. The van der Waals surface area contributed by atoms with E-state index in [1.165, 1.54) is 0 Å². The maximum atomic E-state index is 12.0. The molecule has 1 N–H and O–H groups in total. The minimum atomic E-state index is -3.00. The van der Waals surface area contributed by atoms with Crippen LogP contribution in [0.1, 0.15) is 33.1 Å². The molecule has 0 aromatic carbocycles. The van der Waals surface area contributed by atoms with Crippen LogP contribution in [0.25, 0.3) is 0 Å². The summed E-state index contributed by atoms with van der Waals surface area (Å²) in [4.78, 5) is 0. The number of hydrogen-bond acceptors (Lipinski definition) is 3. The average Bonchev–Trinajstić information content (AvgIpc) is 2.24. The minimum Gasteiger partial charge on any atom is -0.317 e. The molecule has 0 amide bonds. The predicted molar refractivity (Wildman–Crippen MR) is 66.9 cm³/mol. The number of nitrogens with zero attached hydrogens (tertiary/aromatic N) is 1. The number of rotatable bonds is 6. The second-order valence-electron chi connectivity index (χ2n) is 4.63. The van der Waals surface area contributed by atoms with Gasteiger partial charge in [0.25, 0.3) is 0 Å². The fourth-order valence-electron chi connectivity index (χ4n) is 2.08. The van der Waals surface area contributed by atoms with E-state index in [0.717, 1.165) is 25.9 Å². The van der Waals surface area contributed by atoms with E-state index in [1.807, 2.05) is 6.92 Å². The van der Waals surface area contributed by atoms with Crippen molar-refractivity contribution in [2.24, 2.45) is 5.92 Å². The summed E-state index contributed by atoms with van der Waals surface area (Å²) >= 11 is 0. The maximum Gasteiger partial charge on any atom is 0.214 e. The topological polar surface area (TPSA) is 49.4 Å².